The van der Waals surface area contributed by atoms with Gasteiger partial charge in [-0.3, -0.25) is 9.89 Å². The van der Waals surface area contributed by atoms with E-state index in [1.54, 1.807) is 12.3 Å². The van der Waals surface area contributed by atoms with Crippen molar-refractivity contribution in [3.8, 4) is 0 Å². The van der Waals surface area contributed by atoms with Crippen LogP contribution in [0.25, 0.3) is 0 Å². The lowest BCUT2D eigenvalue weighted by molar-refractivity contribution is 0.318. The van der Waals surface area contributed by atoms with E-state index in [0.717, 1.165) is 26.1 Å². The molecule has 0 spiro atoms. The number of allylic oxidation sites excluding steroid dienone is 1. The zero-order valence-corrected chi connectivity index (χ0v) is 11.9. The molecule has 0 bridgehead atoms. The summed E-state index contributed by atoms with van der Waals surface area (Å²) in [4.78, 5) is 6.46. The van der Waals surface area contributed by atoms with Gasteiger partial charge in [0, 0.05) is 32.0 Å². The minimum absolute atomic E-state index is 0.709. The van der Waals surface area contributed by atoms with Crippen LogP contribution < -0.4 is 5.73 Å². The Morgan fingerprint density at radius 2 is 2.00 bits per heavy atom. The molecule has 0 aliphatic rings. The number of hydrogen-bond acceptors (Lipinski definition) is 3. The Labute approximate surface area is 107 Å². The maximum absolute atomic E-state index is 5.54. The fraction of sp³-hybridized carbons (Fsp3) is 0.643. The monoisotopic (exact) mass is 239 g/mol. The van der Waals surface area contributed by atoms with Gasteiger partial charge < -0.3 is 5.73 Å². The largest absolute Gasteiger partial charge is 0.329 e. The van der Waals surface area contributed by atoms with E-state index in [-0.39, 0.29) is 0 Å². The molecule has 0 aliphatic heterocycles. The van der Waals surface area contributed by atoms with E-state index in [1.807, 2.05) is 20.0 Å². The lowest BCUT2D eigenvalue weighted by Gasteiger charge is -2.20. The summed E-state index contributed by atoms with van der Waals surface area (Å²) in [6.07, 6.45) is 6.33. The Morgan fingerprint density at radius 1 is 1.35 bits per heavy atom. The third-order valence-corrected chi connectivity index (χ3v) is 2.22. The molecule has 0 atom stereocenters. The van der Waals surface area contributed by atoms with Crippen molar-refractivity contribution < 1.29 is 0 Å². The molecule has 3 nitrogen and oxygen atoms in total. The number of aliphatic imine (C=N–C) groups is 1. The minimum atomic E-state index is 0.709. The second-order valence-electron chi connectivity index (χ2n) is 3.33. The van der Waals surface area contributed by atoms with Crippen LogP contribution in [0.3, 0.4) is 0 Å². The molecule has 0 heterocycles. The Hall–Kier alpha value is -0.930. The SMILES string of the molecule is C=CC=N/C=C(\CC)CN(CC)CCN.CC. The predicted molar refractivity (Wildman–Crippen MR) is 79.6 cm³/mol. The fourth-order valence-electron chi connectivity index (χ4n) is 1.27. The lowest BCUT2D eigenvalue weighted by atomic mass is 10.2. The molecule has 0 aromatic carbocycles. The second-order valence-corrected chi connectivity index (χ2v) is 3.33. The highest BCUT2D eigenvalue weighted by Crippen LogP contribution is 2.03. The first-order valence-corrected chi connectivity index (χ1v) is 6.52. The molecular weight excluding hydrogens is 210 g/mol. The normalized spacial score (nSPS) is 11.5. The summed E-state index contributed by atoms with van der Waals surface area (Å²) in [6.45, 7) is 15.5. The highest BCUT2D eigenvalue weighted by molar-refractivity contribution is 5.70. The van der Waals surface area contributed by atoms with E-state index in [4.69, 9.17) is 5.73 Å². The molecule has 0 aromatic rings. The second kappa shape index (κ2) is 15.1. The molecule has 17 heavy (non-hydrogen) atoms. The molecule has 0 radical (unpaired) electrons. The van der Waals surface area contributed by atoms with E-state index < -0.39 is 0 Å². The summed E-state index contributed by atoms with van der Waals surface area (Å²) < 4.78 is 0. The van der Waals surface area contributed by atoms with E-state index in [9.17, 15) is 0 Å². The van der Waals surface area contributed by atoms with Gasteiger partial charge >= 0.3 is 0 Å². The van der Waals surface area contributed by atoms with Crippen molar-refractivity contribution in [2.75, 3.05) is 26.2 Å². The average molecular weight is 239 g/mol. The van der Waals surface area contributed by atoms with Gasteiger partial charge in [0.1, 0.15) is 0 Å². The molecule has 0 rings (SSSR count). The zero-order chi connectivity index (χ0) is 13.5. The molecule has 2 N–H and O–H groups in total. The van der Waals surface area contributed by atoms with Crippen molar-refractivity contribution >= 4 is 6.21 Å². The van der Waals surface area contributed by atoms with Gasteiger partial charge in [0.2, 0.25) is 0 Å². The molecule has 0 aromatic heterocycles. The molecule has 0 aliphatic carbocycles. The van der Waals surface area contributed by atoms with Crippen molar-refractivity contribution in [2.45, 2.75) is 34.1 Å². The predicted octanol–water partition coefficient (Wildman–Crippen LogP) is 2.84. The van der Waals surface area contributed by atoms with Crippen LogP contribution >= 0.6 is 0 Å². The van der Waals surface area contributed by atoms with Crippen LogP contribution in [0, 0.1) is 0 Å². The Kier molecular flexibility index (Phi) is 16.3. The zero-order valence-electron chi connectivity index (χ0n) is 11.9. The van der Waals surface area contributed by atoms with Crippen LogP contribution in [0.1, 0.15) is 34.1 Å². The van der Waals surface area contributed by atoms with E-state index in [2.05, 4.69) is 30.3 Å². The van der Waals surface area contributed by atoms with Crippen molar-refractivity contribution in [1.29, 1.82) is 0 Å². The molecule has 0 fully saturated rings. The first-order valence-electron chi connectivity index (χ1n) is 6.52. The van der Waals surface area contributed by atoms with Gasteiger partial charge in [-0.25, -0.2) is 0 Å². The lowest BCUT2D eigenvalue weighted by Crippen LogP contribution is -2.31. The van der Waals surface area contributed by atoms with Gasteiger partial charge in [-0.15, -0.1) is 0 Å². The third-order valence-electron chi connectivity index (χ3n) is 2.22. The first kappa shape index (κ1) is 18.4. The van der Waals surface area contributed by atoms with Crippen LogP contribution in [0.15, 0.2) is 29.4 Å². The van der Waals surface area contributed by atoms with Crippen LogP contribution in [0.2, 0.25) is 0 Å². The van der Waals surface area contributed by atoms with Crippen molar-refractivity contribution in [3.63, 3.8) is 0 Å². The number of hydrogen-bond donors (Lipinski definition) is 1. The van der Waals surface area contributed by atoms with Gasteiger partial charge in [0.05, 0.1) is 0 Å². The van der Waals surface area contributed by atoms with Crippen LogP contribution in [0.4, 0.5) is 0 Å². The first-order chi connectivity index (χ1) is 8.28. The van der Waals surface area contributed by atoms with Crippen LogP contribution in [-0.4, -0.2) is 37.3 Å². The summed E-state index contributed by atoms with van der Waals surface area (Å²) in [5.41, 5.74) is 6.86. The fourth-order valence-corrected chi connectivity index (χ4v) is 1.27. The standard InChI is InChI=1S/C12H23N3.C2H6/c1-4-8-14-10-12(5-2)11-15(6-3)9-7-13;1-2/h4,8,10H,1,5-7,9,11,13H2,2-3H3;1-2H3/b12-10+,14-8?;. The summed E-state index contributed by atoms with van der Waals surface area (Å²) in [5, 5.41) is 0. The van der Waals surface area contributed by atoms with E-state index >= 15 is 0 Å². The Balaban J connectivity index is 0. The molecular formula is C14H29N3. The highest BCUT2D eigenvalue weighted by atomic mass is 15.1. The Bertz CT molecular complexity index is 220. The molecule has 100 valence electrons. The molecule has 3 heteroatoms. The maximum Gasteiger partial charge on any atom is 0.0272 e. The van der Waals surface area contributed by atoms with Crippen molar-refractivity contribution in [1.82, 2.24) is 4.90 Å². The molecule has 0 unspecified atom stereocenters. The van der Waals surface area contributed by atoms with Gasteiger partial charge in [-0.05, 0) is 18.5 Å². The van der Waals surface area contributed by atoms with Gasteiger partial charge in [-0.1, -0.05) is 40.3 Å². The van der Waals surface area contributed by atoms with Crippen molar-refractivity contribution in [2.24, 2.45) is 10.7 Å². The van der Waals surface area contributed by atoms with Crippen LogP contribution in [-0.2, 0) is 0 Å². The number of nitrogens with two attached hydrogens (primary N) is 1. The van der Waals surface area contributed by atoms with Crippen LogP contribution in [0.5, 0.6) is 0 Å². The van der Waals surface area contributed by atoms with E-state index in [1.165, 1.54) is 5.57 Å². The summed E-state index contributed by atoms with van der Waals surface area (Å²) in [7, 11) is 0. The van der Waals surface area contributed by atoms with E-state index in [0.29, 0.717) is 6.54 Å². The van der Waals surface area contributed by atoms with Gasteiger partial charge in [0.15, 0.2) is 0 Å². The number of likely N-dealkylation sites (N-methyl/N-ethyl adjacent to an activating group) is 1. The smallest absolute Gasteiger partial charge is 0.0272 e. The summed E-state index contributed by atoms with van der Waals surface area (Å²) >= 11 is 0. The maximum atomic E-state index is 5.54. The minimum Gasteiger partial charge on any atom is -0.329 e. The quantitative estimate of drug-likeness (QED) is 0.662. The number of nitrogens with zero attached hydrogens (tertiary/aromatic N) is 2. The number of rotatable bonds is 8. The molecule has 0 amide bonds. The Morgan fingerprint density at radius 3 is 2.41 bits per heavy atom. The van der Waals surface area contributed by atoms with Gasteiger partial charge in [0.25, 0.3) is 0 Å². The summed E-state index contributed by atoms with van der Waals surface area (Å²) in [5.74, 6) is 0. The average Bonchev–Trinajstić information content (AvgIpc) is 2.39. The van der Waals surface area contributed by atoms with Crippen molar-refractivity contribution in [3.05, 3.63) is 24.4 Å². The molecule has 0 saturated heterocycles. The highest BCUT2D eigenvalue weighted by Gasteiger charge is 2.02. The topological polar surface area (TPSA) is 41.6 Å². The molecule has 0 saturated carbocycles. The third kappa shape index (κ3) is 11.3. The summed E-state index contributed by atoms with van der Waals surface area (Å²) in [6, 6.07) is 0. The van der Waals surface area contributed by atoms with Gasteiger partial charge in [-0.2, -0.15) is 0 Å².